The molecule has 2 aromatic carbocycles. The lowest BCUT2D eigenvalue weighted by atomic mass is 10.00. The van der Waals surface area contributed by atoms with Gasteiger partial charge in [-0.1, -0.05) is 31.2 Å². The number of carbonyl (C=O) groups excluding carboxylic acids is 2. The highest BCUT2D eigenvalue weighted by Crippen LogP contribution is 2.31. The molecule has 192 valence electrons. The van der Waals surface area contributed by atoms with Crippen LogP contribution >= 0.6 is 0 Å². The molecular weight excluding hydrogens is 456 g/mol. The van der Waals surface area contributed by atoms with Crippen LogP contribution in [-0.4, -0.2) is 76.9 Å². The molecule has 2 atom stereocenters. The lowest BCUT2D eigenvalue weighted by Crippen LogP contribution is -2.41. The Morgan fingerprint density at radius 3 is 2.50 bits per heavy atom. The number of fused-ring (bicyclic) bond motifs is 1. The lowest BCUT2D eigenvalue weighted by Gasteiger charge is -2.26. The average molecular weight is 493 g/mol. The number of nitrogens with two attached hydrogens (primary N) is 1. The topological polar surface area (TPSA) is 119 Å². The highest BCUT2D eigenvalue weighted by molar-refractivity contribution is 5.99. The second-order valence-electron chi connectivity index (χ2n) is 9.59. The Morgan fingerprint density at radius 2 is 1.83 bits per heavy atom. The van der Waals surface area contributed by atoms with E-state index in [2.05, 4.69) is 5.32 Å². The summed E-state index contributed by atoms with van der Waals surface area (Å²) >= 11 is 0. The predicted molar refractivity (Wildman–Crippen MR) is 141 cm³/mol. The van der Waals surface area contributed by atoms with Crippen LogP contribution in [0, 0.1) is 0 Å². The van der Waals surface area contributed by atoms with Crippen molar-refractivity contribution >= 4 is 23.6 Å². The second-order valence-corrected chi connectivity index (χ2v) is 9.59. The number of hydrogen-bond acceptors (Lipinski definition) is 6. The molecule has 2 heterocycles. The molecule has 2 aliphatic heterocycles. The monoisotopic (exact) mass is 492 g/mol. The van der Waals surface area contributed by atoms with Crippen LogP contribution in [0.15, 0.2) is 48.0 Å². The van der Waals surface area contributed by atoms with Crippen molar-refractivity contribution in [1.29, 1.82) is 0 Å². The Hall–Kier alpha value is -3.20. The van der Waals surface area contributed by atoms with Gasteiger partial charge in [0.2, 0.25) is 5.91 Å². The predicted octanol–water partition coefficient (Wildman–Crippen LogP) is 2.67. The summed E-state index contributed by atoms with van der Waals surface area (Å²) in [6.45, 7) is 3.78. The Kier molecular flexibility index (Phi) is 8.40. The van der Waals surface area contributed by atoms with E-state index in [1.54, 1.807) is 4.90 Å². The van der Waals surface area contributed by atoms with Crippen molar-refractivity contribution in [2.75, 3.05) is 38.1 Å². The summed E-state index contributed by atoms with van der Waals surface area (Å²) in [5, 5.41) is 22.4. The van der Waals surface area contributed by atoms with E-state index in [4.69, 9.17) is 5.73 Å². The van der Waals surface area contributed by atoms with Gasteiger partial charge in [0.05, 0.1) is 18.9 Å². The molecule has 2 aliphatic rings. The summed E-state index contributed by atoms with van der Waals surface area (Å²) in [5.41, 5.74) is 11.2. The molecule has 2 aromatic rings. The van der Waals surface area contributed by atoms with Crippen LogP contribution in [-0.2, 0) is 4.79 Å². The molecule has 8 heteroatoms. The highest BCUT2D eigenvalue weighted by Gasteiger charge is 2.25. The summed E-state index contributed by atoms with van der Waals surface area (Å²) in [4.78, 5) is 29.4. The average Bonchev–Trinajstić information content (AvgIpc) is 3.37. The molecule has 2 amide bonds. The third-order valence-electron chi connectivity index (χ3n) is 6.72. The summed E-state index contributed by atoms with van der Waals surface area (Å²) < 4.78 is 0. The second kappa shape index (κ2) is 11.7. The lowest BCUT2D eigenvalue weighted by molar-refractivity contribution is -0.129. The van der Waals surface area contributed by atoms with Crippen molar-refractivity contribution in [3.63, 3.8) is 0 Å². The number of hydrogen-bond donors (Lipinski definition) is 4. The zero-order valence-electron chi connectivity index (χ0n) is 20.8. The van der Waals surface area contributed by atoms with Crippen LogP contribution in [0.4, 0.5) is 5.69 Å². The van der Waals surface area contributed by atoms with E-state index in [0.717, 1.165) is 54.7 Å². The van der Waals surface area contributed by atoms with Gasteiger partial charge in [-0.15, -0.1) is 0 Å². The molecule has 0 bridgehead atoms. The van der Waals surface area contributed by atoms with Gasteiger partial charge in [0.1, 0.15) is 0 Å². The molecule has 36 heavy (non-hydrogen) atoms. The number of nitrogens with one attached hydrogen (secondary N) is 1. The van der Waals surface area contributed by atoms with Crippen LogP contribution in [0.3, 0.4) is 0 Å². The van der Waals surface area contributed by atoms with Crippen molar-refractivity contribution in [3.8, 4) is 11.1 Å². The van der Waals surface area contributed by atoms with E-state index in [-0.39, 0.29) is 18.4 Å². The summed E-state index contributed by atoms with van der Waals surface area (Å²) in [5.74, 6) is -0.101. The molecule has 1 fully saturated rings. The number of aliphatic hydroxyl groups excluding tert-OH is 2. The van der Waals surface area contributed by atoms with Crippen molar-refractivity contribution in [3.05, 3.63) is 59.2 Å². The quantitative estimate of drug-likeness (QED) is 0.450. The number of amides is 2. The van der Waals surface area contributed by atoms with Crippen LogP contribution in [0.2, 0.25) is 0 Å². The fourth-order valence-electron chi connectivity index (χ4n) is 4.84. The van der Waals surface area contributed by atoms with Gasteiger partial charge in [-0.25, -0.2) is 0 Å². The van der Waals surface area contributed by atoms with Gasteiger partial charge in [0, 0.05) is 49.4 Å². The molecule has 0 radical (unpaired) electrons. The van der Waals surface area contributed by atoms with Crippen LogP contribution in [0.1, 0.15) is 48.5 Å². The van der Waals surface area contributed by atoms with E-state index in [0.29, 0.717) is 24.1 Å². The zero-order chi connectivity index (χ0) is 25.7. The van der Waals surface area contributed by atoms with Crippen molar-refractivity contribution < 1.29 is 19.8 Å². The molecule has 0 aromatic heterocycles. The zero-order valence-corrected chi connectivity index (χ0v) is 20.8. The Labute approximate surface area is 212 Å². The summed E-state index contributed by atoms with van der Waals surface area (Å²) in [6.07, 6.45) is 3.63. The molecule has 2 unspecified atom stereocenters. The maximum atomic E-state index is 13.3. The van der Waals surface area contributed by atoms with Gasteiger partial charge in [-0.3, -0.25) is 9.59 Å². The first-order valence-electron chi connectivity index (χ1n) is 12.7. The fraction of sp³-hybridized carbons (Fsp3) is 0.429. The maximum absolute atomic E-state index is 13.3. The first kappa shape index (κ1) is 25.9. The van der Waals surface area contributed by atoms with E-state index < -0.39 is 18.9 Å². The number of carbonyl (C=O) groups is 2. The van der Waals surface area contributed by atoms with Crippen LogP contribution in [0.5, 0.6) is 0 Å². The molecule has 0 spiro atoms. The third kappa shape index (κ3) is 5.95. The van der Waals surface area contributed by atoms with Gasteiger partial charge < -0.3 is 31.1 Å². The van der Waals surface area contributed by atoms with E-state index in [1.165, 1.54) is 0 Å². The standard InChI is InChI=1S/C28H36N4O4/c1-2-11-32(17-24(34)18-33)28(36)23-14-22-10-9-21(15-25(22)30-26(29)16-23)19-5-7-20(8-6-19)27(35)31-12-3-4-13-31/h5-10,14-15,24,26,30,33-34H,2-4,11-13,16-18,29H2,1H3. The first-order valence-corrected chi connectivity index (χ1v) is 12.7. The van der Waals surface area contributed by atoms with Gasteiger partial charge in [0.25, 0.3) is 5.91 Å². The van der Waals surface area contributed by atoms with Crippen molar-refractivity contribution in [1.82, 2.24) is 9.80 Å². The molecular formula is C28H36N4O4. The van der Waals surface area contributed by atoms with Crippen LogP contribution in [0.25, 0.3) is 17.2 Å². The minimum atomic E-state index is -0.981. The maximum Gasteiger partial charge on any atom is 0.253 e. The number of likely N-dealkylation sites (tertiary alicyclic amines) is 1. The minimum Gasteiger partial charge on any atom is -0.394 e. The normalized spacial score (nSPS) is 18.1. The smallest absolute Gasteiger partial charge is 0.253 e. The molecule has 1 saturated heterocycles. The van der Waals surface area contributed by atoms with E-state index >= 15 is 0 Å². The fourth-order valence-corrected chi connectivity index (χ4v) is 4.84. The number of anilines is 1. The SMILES string of the molecule is CCCN(CC(O)CO)C(=O)C1=Cc2ccc(-c3ccc(C(=O)N4CCCC4)cc3)cc2NC(N)C1. The van der Waals surface area contributed by atoms with Gasteiger partial charge in [0.15, 0.2) is 0 Å². The van der Waals surface area contributed by atoms with Crippen molar-refractivity contribution in [2.24, 2.45) is 5.73 Å². The van der Waals surface area contributed by atoms with Crippen molar-refractivity contribution in [2.45, 2.75) is 44.9 Å². The molecule has 4 rings (SSSR count). The Morgan fingerprint density at radius 1 is 1.14 bits per heavy atom. The van der Waals surface area contributed by atoms with E-state index in [1.807, 2.05) is 60.4 Å². The first-order chi connectivity index (χ1) is 17.4. The highest BCUT2D eigenvalue weighted by atomic mass is 16.3. The number of benzene rings is 2. The largest absolute Gasteiger partial charge is 0.394 e. The molecule has 0 saturated carbocycles. The van der Waals surface area contributed by atoms with Gasteiger partial charge >= 0.3 is 0 Å². The summed E-state index contributed by atoms with van der Waals surface area (Å²) in [7, 11) is 0. The Balaban J connectivity index is 1.56. The molecule has 5 N–H and O–H groups in total. The summed E-state index contributed by atoms with van der Waals surface area (Å²) in [6, 6.07) is 13.6. The number of rotatable bonds is 8. The molecule has 8 nitrogen and oxygen atoms in total. The number of aliphatic hydroxyl groups is 2. The van der Waals surface area contributed by atoms with E-state index in [9.17, 15) is 19.8 Å². The Bertz CT molecular complexity index is 1110. The third-order valence-corrected chi connectivity index (χ3v) is 6.72. The number of nitrogens with zero attached hydrogens (tertiary/aromatic N) is 2. The van der Waals surface area contributed by atoms with Gasteiger partial charge in [-0.05, 0) is 60.2 Å². The van der Waals surface area contributed by atoms with Crippen LogP contribution < -0.4 is 11.1 Å². The molecule has 0 aliphatic carbocycles. The van der Waals surface area contributed by atoms with Gasteiger partial charge in [-0.2, -0.15) is 0 Å². The minimum absolute atomic E-state index is 0.0746.